The fourth-order valence-corrected chi connectivity index (χ4v) is 4.54. The fraction of sp³-hybridized carbons (Fsp3) is 0.0625. The van der Waals surface area contributed by atoms with Crippen molar-refractivity contribution < 1.29 is 9.50 Å². The first kappa shape index (κ1) is 13.0. The first-order valence-corrected chi connectivity index (χ1v) is 8.07. The number of aromatic nitrogens is 1. The molecule has 0 unspecified atom stereocenters. The number of aliphatic hydroxyl groups excluding tert-OH is 1. The zero-order valence-corrected chi connectivity index (χ0v) is 12.5. The second kappa shape index (κ2) is 4.94. The van der Waals surface area contributed by atoms with Crippen molar-refractivity contribution in [3.05, 3.63) is 53.3 Å². The van der Waals surface area contributed by atoms with E-state index in [4.69, 9.17) is 0 Å². The molecule has 0 fully saturated rings. The van der Waals surface area contributed by atoms with E-state index in [1.807, 2.05) is 18.2 Å². The molecule has 2 aromatic carbocycles. The van der Waals surface area contributed by atoms with E-state index < -0.39 is 0 Å². The molecule has 104 valence electrons. The monoisotopic (exact) mass is 315 g/mol. The number of benzene rings is 2. The van der Waals surface area contributed by atoms with Gasteiger partial charge in [0.25, 0.3) is 0 Å². The Morgan fingerprint density at radius 2 is 1.86 bits per heavy atom. The third-order valence-electron chi connectivity index (χ3n) is 3.36. The smallest absolute Gasteiger partial charge is 0.123 e. The number of nitrogens with zero attached hydrogens (tertiary/aromatic N) is 1. The quantitative estimate of drug-likeness (QED) is 0.558. The summed E-state index contributed by atoms with van der Waals surface area (Å²) in [5, 5.41) is 10.0. The van der Waals surface area contributed by atoms with Crippen molar-refractivity contribution in [3.8, 4) is 21.7 Å². The minimum Gasteiger partial charge on any atom is -0.389 e. The summed E-state index contributed by atoms with van der Waals surface area (Å²) in [6, 6.07) is 12.9. The molecule has 1 aliphatic rings. The number of halogens is 1. The molecule has 4 rings (SSSR count). The van der Waals surface area contributed by atoms with E-state index in [1.165, 1.54) is 23.5 Å². The van der Waals surface area contributed by atoms with E-state index in [0.717, 1.165) is 31.5 Å². The van der Waals surface area contributed by atoms with Gasteiger partial charge in [0.15, 0.2) is 0 Å². The molecule has 2 nitrogen and oxygen atoms in total. The number of aliphatic hydroxyl groups is 1. The van der Waals surface area contributed by atoms with Gasteiger partial charge in [-0.3, -0.25) is 0 Å². The van der Waals surface area contributed by atoms with Gasteiger partial charge < -0.3 is 5.11 Å². The zero-order valence-electron chi connectivity index (χ0n) is 10.8. The van der Waals surface area contributed by atoms with Gasteiger partial charge in [-0.15, -0.1) is 11.3 Å². The van der Waals surface area contributed by atoms with Gasteiger partial charge in [0.2, 0.25) is 0 Å². The van der Waals surface area contributed by atoms with Crippen LogP contribution in [0.15, 0.2) is 52.3 Å². The standard InChI is InChI=1S/C16H10FNOS2/c17-9-5-6-13-11(7-9)15-16(21-14(8-19)18-15)10-3-1-2-4-12(10)20-13/h1-7,19H,8H2. The van der Waals surface area contributed by atoms with Gasteiger partial charge in [-0.2, -0.15) is 0 Å². The molecule has 2 heterocycles. The first-order chi connectivity index (χ1) is 10.3. The molecule has 0 saturated carbocycles. The van der Waals surface area contributed by atoms with Crippen LogP contribution in [-0.4, -0.2) is 10.1 Å². The Hall–Kier alpha value is -1.69. The van der Waals surface area contributed by atoms with Crippen LogP contribution < -0.4 is 0 Å². The number of hydrogen-bond acceptors (Lipinski definition) is 4. The maximum atomic E-state index is 13.7. The predicted octanol–water partition coefficient (Wildman–Crippen LogP) is 4.57. The summed E-state index contributed by atoms with van der Waals surface area (Å²) in [4.78, 5) is 7.60. The summed E-state index contributed by atoms with van der Waals surface area (Å²) in [6.45, 7) is -0.0996. The molecule has 21 heavy (non-hydrogen) atoms. The van der Waals surface area contributed by atoms with Crippen LogP contribution in [0.2, 0.25) is 0 Å². The Balaban J connectivity index is 2.08. The second-order valence-corrected chi connectivity index (χ2v) is 6.85. The van der Waals surface area contributed by atoms with Crippen molar-refractivity contribution in [2.45, 2.75) is 16.4 Å². The fourth-order valence-electron chi connectivity index (χ4n) is 2.44. The molecule has 5 heteroatoms. The summed E-state index contributed by atoms with van der Waals surface area (Å²) in [6.07, 6.45) is 0. The number of fused-ring (bicyclic) bond motifs is 5. The Morgan fingerprint density at radius 3 is 2.71 bits per heavy atom. The molecular formula is C16H10FNOS2. The van der Waals surface area contributed by atoms with Crippen molar-refractivity contribution in [2.24, 2.45) is 0 Å². The highest BCUT2D eigenvalue weighted by Crippen LogP contribution is 2.49. The summed E-state index contributed by atoms with van der Waals surface area (Å²) in [7, 11) is 0. The Morgan fingerprint density at radius 1 is 1.05 bits per heavy atom. The summed E-state index contributed by atoms with van der Waals surface area (Å²) < 4.78 is 13.7. The van der Waals surface area contributed by atoms with E-state index in [2.05, 4.69) is 11.1 Å². The van der Waals surface area contributed by atoms with Crippen LogP contribution in [0.4, 0.5) is 4.39 Å². The van der Waals surface area contributed by atoms with Gasteiger partial charge >= 0.3 is 0 Å². The molecule has 1 aromatic heterocycles. The highest BCUT2D eigenvalue weighted by molar-refractivity contribution is 7.99. The third kappa shape index (κ3) is 2.09. The third-order valence-corrected chi connectivity index (χ3v) is 5.58. The average Bonchev–Trinajstić information content (AvgIpc) is 2.89. The van der Waals surface area contributed by atoms with E-state index in [9.17, 15) is 9.50 Å². The molecule has 0 radical (unpaired) electrons. The van der Waals surface area contributed by atoms with Crippen LogP contribution in [0.1, 0.15) is 5.01 Å². The SMILES string of the molecule is OCc1nc2c(s1)-c1ccccc1Sc1ccc(F)cc1-2. The topological polar surface area (TPSA) is 33.1 Å². The van der Waals surface area contributed by atoms with Gasteiger partial charge in [-0.25, -0.2) is 9.37 Å². The van der Waals surface area contributed by atoms with Crippen molar-refractivity contribution in [3.63, 3.8) is 0 Å². The maximum Gasteiger partial charge on any atom is 0.123 e. The van der Waals surface area contributed by atoms with Crippen molar-refractivity contribution in [2.75, 3.05) is 0 Å². The molecular weight excluding hydrogens is 305 g/mol. The second-order valence-electron chi connectivity index (χ2n) is 4.68. The molecule has 0 saturated heterocycles. The lowest BCUT2D eigenvalue weighted by atomic mass is 10.1. The van der Waals surface area contributed by atoms with E-state index in [1.54, 1.807) is 17.8 Å². The normalized spacial score (nSPS) is 12.3. The Bertz CT molecular complexity index is 844. The minimum atomic E-state index is -0.273. The molecule has 1 aliphatic heterocycles. The van der Waals surface area contributed by atoms with Crippen LogP contribution in [0.3, 0.4) is 0 Å². The highest BCUT2D eigenvalue weighted by atomic mass is 32.2. The maximum absolute atomic E-state index is 13.7. The number of hydrogen-bond donors (Lipinski definition) is 1. The molecule has 3 aromatic rings. The van der Waals surface area contributed by atoms with Crippen LogP contribution in [0, 0.1) is 5.82 Å². The molecule has 0 spiro atoms. The van der Waals surface area contributed by atoms with E-state index in [-0.39, 0.29) is 12.4 Å². The molecule has 0 atom stereocenters. The molecule has 0 bridgehead atoms. The summed E-state index contributed by atoms with van der Waals surface area (Å²) in [5.41, 5.74) is 2.64. The van der Waals surface area contributed by atoms with Gasteiger partial charge in [0.05, 0.1) is 17.2 Å². The molecule has 1 N–H and O–H groups in total. The summed E-state index contributed by atoms with van der Waals surface area (Å²) in [5.74, 6) is -0.273. The van der Waals surface area contributed by atoms with Crippen molar-refractivity contribution in [1.82, 2.24) is 4.98 Å². The van der Waals surface area contributed by atoms with Crippen molar-refractivity contribution >= 4 is 23.1 Å². The van der Waals surface area contributed by atoms with Crippen LogP contribution in [-0.2, 0) is 6.61 Å². The predicted molar refractivity (Wildman–Crippen MR) is 83.0 cm³/mol. The van der Waals surface area contributed by atoms with Crippen LogP contribution >= 0.6 is 23.1 Å². The van der Waals surface area contributed by atoms with E-state index >= 15 is 0 Å². The van der Waals surface area contributed by atoms with Gasteiger partial charge in [0, 0.05) is 20.9 Å². The van der Waals surface area contributed by atoms with Crippen LogP contribution in [0.5, 0.6) is 0 Å². The lowest BCUT2D eigenvalue weighted by molar-refractivity contribution is 0.281. The average molecular weight is 315 g/mol. The lowest BCUT2D eigenvalue weighted by Crippen LogP contribution is -1.86. The Labute approximate surface area is 129 Å². The van der Waals surface area contributed by atoms with Gasteiger partial charge in [0.1, 0.15) is 10.8 Å². The highest BCUT2D eigenvalue weighted by Gasteiger charge is 2.24. The van der Waals surface area contributed by atoms with Gasteiger partial charge in [-0.05, 0) is 24.3 Å². The minimum absolute atomic E-state index is 0.0996. The number of thiazole rings is 1. The Kier molecular flexibility index (Phi) is 3.06. The molecule has 0 amide bonds. The van der Waals surface area contributed by atoms with Gasteiger partial charge in [-0.1, -0.05) is 30.0 Å². The largest absolute Gasteiger partial charge is 0.389 e. The van der Waals surface area contributed by atoms with Crippen LogP contribution in [0.25, 0.3) is 21.7 Å². The summed E-state index contributed by atoms with van der Waals surface area (Å²) >= 11 is 3.09. The van der Waals surface area contributed by atoms with E-state index in [0.29, 0.717) is 5.01 Å². The first-order valence-electron chi connectivity index (χ1n) is 6.44. The zero-order chi connectivity index (χ0) is 14.4. The lowest BCUT2D eigenvalue weighted by Gasteiger charge is -2.05. The van der Waals surface area contributed by atoms with Crippen molar-refractivity contribution in [1.29, 1.82) is 0 Å². The molecule has 0 aliphatic carbocycles. The number of rotatable bonds is 1.